The average Bonchev–Trinajstić information content (AvgIpc) is 2.94. The first-order valence-corrected chi connectivity index (χ1v) is 9.33. The molecule has 2 unspecified atom stereocenters. The zero-order valence-electron chi connectivity index (χ0n) is 14.0. The van der Waals surface area contributed by atoms with Gasteiger partial charge in [-0.05, 0) is 44.4 Å². The Labute approximate surface area is 130 Å². The summed E-state index contributed by atoms with van der Waals surface area (Å²) in [6, 6.07) is 1.64. The second-order valence-corrected chi connectivity index (χ2v) is 7.93. The van der Waals surface area contributed by atoms with Crippen LogP contribution in [0.5, 0.6) is 0 Å². The lowest BCUT2D eigenvalue weighted by Gasteiger charge is -2.32. The van der Waals surface area contributed by atoms with Crippen LogP contribution >= 0.6 is 0 Å². The van der Waals surface area contributed by atoms with Gasteiger partial charge in [0.05, 0.1) is 12.2 Å². The van der Waals surface area contributed by atoms with Crippen molar-refractivity contribution >= 4 is 0 Å². The molecule has 0 radical (unpaired) electrons. The molecule has 1 heterocycles. The van der Waals surface area contributed by atoms with E-state index in [0.717, 1.165) is 24.5 Å². The molecule has 0 aromatic heterocycles. The maximum Gasteiger partial charge on any atom is 0.0707 e. The first-order chi connectivity index (χ1) is 10.2. The van der Waals surface area contributed by atoms with E-state index in [0.29, 0.717) is 12.2 Å². The Hall–Kier alpha value is -0.120. The molecule has 0 aromatic rings. The molecule has 3 heteroatoms. The van der Waals surface area contributed by atoms with E-state index in [2.05, 4.69) is 24.1 Å². The van der Waals surface area contributed by atoms with Gasteiger partial charge in [0.15, 0.2) is 0 Å². The summed E-state index contributed by atoms with van der Waals surface area (Å²) < 4.78 is 6.31. The molecule has 3 aliphatic rings. The highest BCUT2D eigenvalue weighted by molar-refractivity contribution is 4.86. The Morgan fingerprint density at radius 2 is 1.71 bits per heavy atom. The number of ether oxygens (including phenoxy) is 1. The largest absolute Gasteiger partial charge is 0.372 e. The van der Waals surface area contributed by atoms with Crippen molar-refractivity contribution in [1.82, 2.24) is 10.2 Å². The summed E-state index contributed by atoms with van der Waals surface area (Å²) in [7, 11) is 0. The van der Waals surface area contributed by atoms with Crippen LogP contribution in [0.2, 0.25) is 0 Å². The highest BCUT2D eigenvalue weighted by Gasteiger charge is 2.31. The van der Waals surface area contributed by atoms with Crippen molar-refractivity contribution in [3.8, 4) is 0 Å². The molecule has 3 nitrogen and oxygen atoms in total. The standard InChI is InChI=1S/C18H34N2O/c1-14(2)12-20(16-5-3-4-6-16)13-18-10-9-17(21-18)11-19-15-7-8-15/h14-19H,3-13H2,1-2H3. The summed E-state index contributed by atoms with van der Waals surface area (Å²) in [6.07, 6.45) is 11.9. The van der Waals surface area contributed by atoms with Gasteiger partial charge in [-0.25, -0.2) is 0 Å². The highest BCUT2D eigenvalue weighted by atomic mass is 16.5. The van der Waals surface area contributed by atoms with Crippen molar-refractivity contribution in [2.24, 2.45) is 5.92 Å². The van der Waals surface area contributed by atoms with Crippen molar-refractivity contribution in [2.45, 2.75) is 89.5 Å². The molecule has 1 N–H and O–H groups in total. The Bertz CT molecular complexity index is 310. The second kappa shape index (κ2) is 7.43. The molecule has 1 saturated heterocycles. The minimum absolute atomic E-state index is 0.472. The van der Waals surface area contributed by atoms with E-state index >= 15 is 0 Å². The predicted octanol–water partition coefficient (Wildman–Crippen LogP) is 3.19. The molecular weight excluding hydrogens is 260 g/mol. The Morgan fingerprint density at radius 3 is 2.38 bits per heavy atom. The normalized spacial score (nSPS) is 30.9. The van der Waals surface area contributed by atoms with Gasteiger partial charge in [0.1, 0.15) is 0 Å². The molecule has 2 aliphatic carbocycles. The third kappa shape index (κ3) is 4.94. The maximum atomic E-state index is 6.31. The van der Waals surface area contributed by atoms with E-state index < -0.39 is 0 Å². The van der Waals surface area contributed by atoms with E-state index in [9.17, 15) is 0 Å². The average molecular weight is 294 g/mol. The van der Waals surface area contributed by atoms with Gasteiger partial charge < -0.3 is 10.1 Å². The third-order valence-corrected chi connectivity index (χ3v) is 5.29. The van der Waals surface area contributed by atoms with Gasteiger partial charge >= 0.3 is 0 Å². The van der Waals surface area contributed by atoms with Gasteiger partial charge in [0, 0.05) is 31.7 Å². The van der Waals surface area contributed by atoms with Gasteiger partial charge in [0.2, 0.25) is 0 Å². The van der Waals surface area contributed by atoms with E-state index in [-0.39, 0.29) is 0 Å². The van der Waals surface area contributed by atoms with Crippen LogP contribution in [-0.4, -0.2) is 48.8 Å². The minimum Gasteiger partial charge on any atom is -0.372 e. The van der Waals surface area contributed by atoms with Crippen molar-refractivity contribution in [2.75, 3.05) is 19.6 Å². The van der Waals surface area contributed by atoms with Crippen LogP contribution in [0, 0.1) is 5.92 Å². The molecule has 0 amide bonds. The number of rotatable bonds is 8. The molecule has 0 aromatic carbocycles. The van der Waals surface area contributed by atoms with Crippen molar-refractivity contribution < 1.29 is 4.74 Å². The Morgan fingerprint density at radius 1 is 1.00 bits per heavy atom. The summed E-state index contributed by atoms with van der Waals surface area (Å²) in [5.41, 5.74) is 0. The fraction of sp³-hybridized carbons (Fsp3) is 1.00. The van der Waals surface area contributed by atoms with Crippen LogP contribution in [-0.2, 0) is 4.74 Å². The highest BCUT2D eigenvalue weighted by Crippen LogP contribution is 2.28. The molecule has 2 saturated carbocycles. The molecule has 2 atom stereocenters. The zero-order chi connectivity index (χ0) is 14.7. The topological polar surface area (TPSA) is 24.5 Å². The van der Waals surface area contributed by atoms with E-state index in [4.69, 9.17) is 4.74 Å². The lowest BCUT2D eigenvalue weighted by Crippen LogP contribution is -2.41. The summed E-state index contributed by atoms with van der Waals surface area (Å²) in [4.78, 5) is 2.75. The SMILES string of the molecule is CC(C)CN(CC1CCC(CNC2CC2)O1)C1CCCC1. The molecule has 21 heavy (non-hydrogen) atoms. The number of hydrogen-bond acceptors (Lipinski definition) is 3. The predicted molar refractivity (Wildman–Crippen MR) is 87.6 cm³/mol. The van der Waals surface area contributed by atoms with Crippen molar-refractivity contribution in [3.63, 3.8) is 0 Å². The summed E-state index contributed by atoms with van der Waals surface area (Å²) >= 11 is 0. The van der Waals surface area contributed by atoms with Crippen LogP contribution in [0.1, 0.15) is 65.2 Å². The smallest absolute Gasteiger partial charge is 0.0707 e. The van der Waals surface area contributed by atoms with Crippen LogP contribution < -0.4 is 5.32 Å². The van der Waals surface area contributed by atoms with Gasteiger partial charge in [-0.2, -0.15) is 0 Å². The molecule has 1 aliphatic heterocycles. The summed E-state index contributed by atoms with van der Waals surface area (Å²) in [6.45, 7) is 8.19. The fourth-order valence-electron chi connectivity index (χ4n) is 4.02. The Kier molecular flexibility index (Phi) is 5.58. The fourth-order valence-corrected chi connectivity index (χ4v) is 4.02. The van der Waals surface area contributed by atoms with Crippen molar-refractivity contribution in [1.29, 1.82) is 0 Å². The van der Waals surface area contributed by atoms with Crippen LogP contribution in [0.4, 0.5) is 0 Å². The number of hydrogen-bond donors (Lipinski definition) is 1. The molecule has 3 rings (SSSR count). The molecule has 122 valence electrons. The van der Waals surface area contributed by atoms with Crippen LogP contribution in [0.25, 0.3) is 0 Å². The van der Waals surface area contributed by atoms with Gasteiger partial charge in [-0.15, -0.1) is 0 Å². The van der Waals surface area contributed by atoms with Gasteiger partial charge in [-0.3, -0.25) is 4.90 Å². The summed E-state index contributed by atoms with van der Waals surface area (Å²) in [5.74, 6) is 0.763. The molecular formula is C18H34N2O. The number of nitrogens with one attached hydrogen (secondary N) is 1. The first-order valence-electron chi connectivity index (χ1n) is 9.33. The zero-order valence-corrected chi connectivity index (χ0v) is 14.0. The summed E-state index contributed by atoms with van der Waals surface area (Å²) in [5, 5.41) is 3.62. The molecule has 0 spiro atoms. The lowest BCUT2D eigenvalue weighted by molar-refractivity contribution is 0.0118. The first kappa shape index (κ1) is 15.8. The minimum atomic E-state index is 0.472. The van der Waals surface area contributed by atoms with Crippen molar-refractivity contribution in [3.05, 3.63) is 0 Å². The third-order valence-electron chi connectivity index (χ3n) is 5.29. The van der Waals surface area contributed by atoms with E-state index in [1.165, 1.54) is 64.5 Å². The van der Waals surface area contributed by atoms with E-state index in [1.54, 1.807) is 0 Å². The molecule has 0 bridgehead atoms. The van der Waals surface area contributed by atoms with E-state index in [1.807, 2.05) is 0 Å². The lowest BCUT2D eigenvalue weighted by atomic mass is 10.1. The maximum absolute atomic E-state index is 6.31. The monoisotopic (exact) mass is 294 g/mol. The van der Waals surface area contributed by atoms with Gasteiger partial charge in [0.25, 0.3) is 0 Å². The van der Waals surface area contributed by atoms with Gasteiger partial charge in [-0.1, -0.05) is 26.7 Å². The van der Waals surface area contributed by atoms with Crippen LogP contribution in [0.15, 0.2) is 0 Å². The Balaban J connectivity index is 1.43. The second-order valence-electron chi connectivity index (χ2n) is 7.93. The van der Waals surface area contributed by atoms with Crippen LogP contribution in [0.3, 0.4) is 0 Å². The number of nitrogens with zero attached hydrogens (tertiary/aromatic N) is 1. The molecule has 3 fully saturated rings. The quantitative estimate of drug-likeness (QED) is 0.744.